The maximum atomic E-state index is 11.6. The van der Waals surface area contributed by atoms with Gasteiger partial charge >= 0.3 is 5.97 Å². The number of ether oxygens (including phenoxy) is 3. The first-order valence-corrected chi connectivity index (χ1v) is 9.48. The van der Waals surface area contributed by atoms with Crippen LogP contribution in [0.4, 0.5) is 0 Å². The van der Waals surface area contributed by atoms with Gasteiger partial charge in [0.1, 0.15) is 5.76 Å². The van der Waals surface area contributed by atoms with Gasteiger partial charge < -0.3 is 14.2 Å². The first kappa shape index (κ1) is 17.9. The molecule has 3 aliphatic rings. The molecule has 2 fully saturated rings. The fourth-order valence-corrected chi connectivity index (χ4v) is 4.91. The zero-order valence-electron chi connectivity index (χ0n) is 15.8. The Labute approximate surface area is 145 Å². The summed E-state index contributed by atoms with van der Waals surface area (Å²) in [6.45, 7) is 11.8. The average molecular weight is 336 g/mol. The van der Waals surface area contributed by atoms with Gasteiger partial charge in [-0.3, -0.25) is 4.79 Å². The van der Waals surface area contributed by atoms with E-state index in [-0.39, 0.29) is 17.3 Å². The Morgan fingerprint density at radius 3 is 2.46 bits per heavy atom. The van der Waals surface area contributed by atoms with Crippen LogP contribution in [0.3, 0.4) is 0 Å². The highest BCUT2D eigenvalue weighted by atomic mass is 16.7. The van der Waals surface area contributed by atoms with E-state index >= 15 is 0 Å². The third-order valence-corrected chi connectivity index (χ3v) is 6.47. The summed E-state index contributed by atoms with van der Waals surface area (Å²) in [5.74, 6) is 1.45. The molecule has 0 aromatic heterocycles. The van der Waals surface area contributed by atoms with Crippen molar-refractivity contribution in [1.29, 1.82) is 0 Å². The minimum atomic E-state index is -0.557. The van der Waals surface area contributed by atoms with E-state index in [2.05, 4.69) is 27.7 Å². The molecular weight excluding hydrogens is 304 g/mol. The molecule has 0 N–H and O–H groups in total. The van der Waals surface area contributed by atoms with Gasteiger partial charge in [-0.1, -0.05) is 27.7 Å². The van der Waals surface area contributed by atoms with Crippen molar-refractivity contribution >= 4 is 5.97 Å². The Balaban J connectivity index is 1.91. The standard InChI is InChI=1S/C20H32O4/c1-13(2)6-9-20(22-10-11-23-20)14(3)18-17(24-15(4)21)12-16-7-8-19(16,18)5/h13-14,16H,6-12H2,1-5H3/t14-,16-,19+/m1/s1. The third kappa shape index (κ3) is 2.92. The summed E-state index contributed by atoms with van der Waals surface area (Å²) < 4.78 is 18.0. The van der Waals surface area contributed by atoms with E-state index < -0.39 is 5.79 Å². The minimum absolute atomic E-state index is 0.114. The summed E-state index contributed by atoms with van der Waals surface area (Å²) in [4.78, 5) is 11.6. The molecule has 0 spiro atoms. The average Bonchev–Trinajstić information content (AvgIpc) is 3.04. The van der Waals surface area contributed by atoms with Gasteiger partial charge in [0, 0.05) is 25.7 Å². The molecule has 4 nitrogen and oxygen atoms in total. The summed E-state index contributed by atoms with van der Waals surface area (Å²) in [5.41, 5.74) is 1.42. The van der Waals surface area contributed by atoms with Crippen LogP contribution in [0, 0.1) is 23.2 Å². The minimum Gasteiger partial charge on any atom is -0.431 e. The van der Waals surface area contributed by atoms with E-state index in [1.54, 1.807) is 0 Å². The summed E-state index contributed by atoms with van der Waals surface area (Å²) in [5, 5.41) is 0. The summed E-state index contributed by atoms with van der Waals surface area (Å²) in [6.07, 6.45) is 5.24. The molecule has 0 unspecified atom stereocenters. The van der Waals surface area contributed by atoms with Crippen LogP contribution in [-0.4, -0.2) is 25.0 Å². The van der Waals surface area contributed by atoms with Crippen LogP contribution < -0.4 is 0 Å². The zero-order valence-corrected chi connectivity index (χ0v) is 15.8. The van der Waals surface area contributed by atoms with Crippen molar-refractivity contribution in [1.82, 2.24) is 0 Å². The van der Waals surface area contributed by atoms with Gasteiger partial charge in [0.05, 0.1) is 13.2 Å². The first-order chi connectivity index (χ1) is 11.3. The Hall–Kier alpha value is -0.870. The summed E-state index contributed by atoms with van der Waals surface area (Å²) >= 11 is 0. The van der Waals surface area contributed by atoms with Crippen molar-refractivity contribution in [3.05, 3.63) is 11.3 Å². The van der Waals surface area contributed by atoms with Gasteiger partial charge in [0.15, 0.2) is 5.79 Å². The number of carbonyl (C=O) groups excluding carboxylic acids is 1. The number of esters is 1. The summed E-state index contributed by atoms with van der Waals surface area (Å²) in [7, 11) is 0. The molecule has 136 valence electrons. The molecule has 3 atom stereocenters. The number of hydrogen-bond donors (Lipinski definition) is 0. The van der Waals surface area contributed by atoms with E-state index in [0.717, 1.165) is 25.0 Å². The van der Waals surface area contributed by atoms with E-state index in [1.807, 2.05) is 0 Å². The molecule has 24 heavy (non-hydrogen) atoms. The van der Waals surface area contributed by atoms with Gasteiger partial charge in [-0.25, -0.2) is 0 Å². The van der Waals surface area contributed by atoms with Crippen LogP contribution in [-0.2, 0) is 19.0 Å². The number of carbonyl (C=O) groups is 1. The lowest BCUT2D eigenvalue weighted by atomic mass is 9.58. The largest absolute Gasteiger partial charge is 0.431 e. The Morgan fingerprint density at radius 2 is 1.96 bits per heavy atom. The van der Waals surface area contributed by atoms with Crippen LogP contribution in [0.2, 0.25) is 0 Å². The first-order valence-electron chi connectivity index (χ1n) is 9.48. The molecule has 2 aliphatic carbocycles. The second kappa shape index (κ2) is 6.45. The highest BCUT2D eigenvalue weighted by Crippen LogP contribution is 2.63. The molecule has 0 radical (unpaired) electrons. The SMILES string of the molecule is CC(=O)OC1=C([C@@H](C)C2(CCC(C)C)OCCO2)[C@@]2(C)CC[C@@H]2C1. The van der Waals surface area contributed by atoms with E-state index in [1.165, 1.54) is 25.3 Å². The van der Waals surface area contributed by atoms with Crippen LogP contribution >= 0.6 is 0 Å². The third-order valence-electron chi connectivity index (χ3n) is 6.47. The smallest absolute Gasteiger partial charge is 0.307 e. The summed E-state index contributed by atoms with van der Waals surface area (Å²) in [6, 6.07) is 0. The normalized spacial score (nSPS) is 32.7. The predicted molar refractivity (Wildman–Crippen MR) is 92.1 cm³/mol. The van der Waals surface area contributed by atoms with Gasteiger partial charge in [0.25, 0.3) is 0 Å². The van der Waals surface area contributed by atoms with Crippen LogP contribution in [0.25, 0.3) is 0 Å². The number of rotatable bonds is 6. The molecule has 1 saturated heterocycles. The van der Waals surface area contributed by atoms with Crippen molar-refractivity contribution in [3.8, 4) is 0 Å². The zero-order chi connectivity index (χ0) is 17.5. The number of fused-ring (bicyclic) bond motifs is 1. The highest BCUT2D eigenvalue weighted by molar-refractivity contribution is 5.67. The van der Waals surface area contributed by atoms with Crippen molar-refractivity contribution in [3.63, 3.8) is 0 Å². The van der Waals surface area contributed by atoms with Crippen LogP contribution in [0.5, 0.6) is 0 Å². The van der Waals surface area contributed by atoms with Crippen LogP contribution in [0.1, 0.15) is 66.7 Å². The van der Waals surface area contributed by atoms with Crippen LogP contribution in [0.15, 0.2) is 11.3 Å². The predicted octanol–water partition coefficient (Wildman–Crippen LogP) is 4.44. The van der Waals surface area contributed by atoms with Crippen molar-refractivity contribution in [2.45, 2.75) is 72.5 Å². The van der Waals surface area contributed by atoms with E-state index in [9.17, 15) is 4.79 Å². The molecule has 0 aromatic rings. The Morgan fingerprint density at radius 1 is 1.29 bits per heavy atom. The number of allylic oxidation sites excluding steroid dienone is 1. The maximum Gasteiger partial charge on any atom is 0.307 e. The molecule has 1 heterocycles. The lowest BCUT2D eigenvalue weighted by Crippen LogP contribution is -2.45. The van der Waals surface area contributed by atoms with E-state index in [0.29, 0.717) is 25.0 Å². The monoisotopic (exact) mass is 336 g/mol. The van der Waals surface area contributed by atoms with Crippen molar-refractivity contribution in [2.75, 3.05) is 13.2 Å². The molecule has 0 aromatic carbocycles. The van der Waals surface area contributed by atoms with Crippen molar-refractivity contribution in [2.24, 2.45) is 23.2 Å². The van der Waals surface area contributed by atoms with Gasteiger partial charge in [-0.15, -0.1) is 0 Å². The quantitative estimate of drug-likeness (QED) is 0.673. The molecule has 1 saturated carbocycles. The maximum absolute atomic E-state index is 11.6. The molecule has 0 bridgehead atoms. The Kier molecular flexibility index (Phi) is 4.82. The fraction of sp³-hybridized carbons (Fsp3) is 0.850. The van der Waals surface area contributed by atoms with Gasteiger partial charge in [-0.05, 0) is 42.1 Å². The molecular formula is C20H32O4. The second-order valence-corrected chi connectivity index (χ2v) is 8.45. The topological polar surface area (TPSA) is 44.8 Å². The lowest BCUT2D eigenvalue weighted by molar-refractivity contribution is -0.194. The molecule has 3 rings (SSSR count). The van der Waals surface area contributed by atoms with E-state index in [4.69, 9.17) is 14.2 Å². The van der Waals surface area contributed by atoms with Gasteiger partial charge in [0.2, 0.25) is 0 Å². The second-order valence-electron chi connectivity index (χ2n) is 8.45. The number of hydrogen-bond acceptors (Lipinski definition) is 4. The fourth-order valence-electron chi connectivity index (χ4n) is 4.91. The lowest BCUT2D eigenvalue weighted by Gasteiger charge is -2.48. The van der Waals surface area contributed by atoms with Gasteiger partial charge in [-0.2, -0.15) is 0 Å². The molecule has 0 amide bonds. The molecule has 4 heteroatoms. The Bertz CT molecular complexity index is 530. The molecule has 1 aliphatic heterocycles. The van der Waals surface area contributed by atoms with Crippen molar-refractivity contribution < 1.29 is 19.0 Å². The highest BCUT2D eigenvalue weighted by Gasteiger charge is 2.57.